The summed E-state index contributed by atoms with van der Waals surface area (Å²) in [4.78, 5) is 0. The molecule has 1 aliphatic heterocycles. The van der Waals surface area contributed by atoms with Crippen LogP contribution in [0.3, 0.4) is 0 Å². The minimum atomic E-state index is -0.307. The van der Waals surface area contributed by atoms with Gasteiger partial charge in [0, 0.05) is 6.61 Å². The van der Waals surface area contributed by atoms with Gasteiger partial charge >= 0.3 is 0 Å². The Hall–Kier alpha value is -0.0800. The summed E-state index contributed by atoms with van der Waals surface area (Å²) in [6.07, 6.45) is 10.7. The minimum absolute atomic E-state index is 0.307. The first-order valence-electron chi connectivity index (χ1n) is 6.13. The van der Waals surface area contributed by atoms with Crippen LogP contribution >= 0.6 is 0 Å². The monoisotopic (exact) mass is 198 g/mol. The van der Waals surface area contributed by atoms with Crippen molar-refractivity contribution in [3.05, 3.63) is 0 Å². The fraction of sp³-hybridized carbons (Fsp3) is 1.00. The van der Waals surface area contributed by atoms with Crippen LogP contribution in [0, 0.1) is 0 Å². The maximum absolute atomic E-state index is 10.1. The van der Waals surface area contributed by atoms with Crippen molar-refractivity contribution in [1.29, 1.82) is 0 Å². The minimum Gasteiger partial charge on any atom is -0.390 e. The second-order valence-corrected chi connectivity index (χ2v) is 4.96. The maximum atomic E-state index is 10.1. The molecule has 1 atom stereocenters. The SMILES string of the molecule is OC1(CCCC2CCCO2)CCCC1. The zero-order valence-electron chi connectivity index (χ0n) is 9.00. The summed E-state index contributed by atoms with van der Waals surface area (Å²) in [5.74, 6) is 0. The van der Waals surface area contributed by atoms with E-state index in [1.807, 2.05) is 0 Å². The summed E-state index contributed by atoms with van der Waals surface area (Å²) in [6, 6.07) is 0. The summed E-state index contributed by atoms with van der Waals surface area (Å²) in [5.41, 5.74) is -0.307. The standard InChI is InChI=1S/C12H22O2/c13-12(7-1-2-8-12)9-3-5-11-6-4-10-14-11/h11,13H,1-10H2. The van der Waals surface area contributed by atoms with Crippen molar-refractivity contribution >= 4 is 0 Å². The van der Waals surface area contributed by atoms with E-state index >= 15 is 0 Å². The normalized spacial score (nSPS) is 31.1. The first-order chi connectivity index (χ1) is 6.79. The third-order valence-electron chi connectivity index (χ3n) is 3.73. The summed E-state index contributed by atoms with van der Waals surface area (Å²) < 4.78 is 5.57. The smallest absolute Gasteiger partial charge is 0.0647 e. The van der Waals surface area contributed by atoms with Gasteiger partial charge in [-0.2, -0.15) is 0 Å². The first-order valence-corrected chi connectivity index (χ1v) is 6.13. The van der Waals surface area contributed by atoms with Crippen molar-refractivity contribution in [3.63, 3.8) is 0 Å². The van der Waals surface area contributed by atoms with Crippen LogP contribution in [0.2, 0.25) is 0 Å². The highest BCUT2D eigenvalue weighted by molar-refractivity contribution is 4.84. The van der Waals surface area contributed by atoms with Gasteiger partial charge in [-0.05, 0) is 44.9 Å². The van der Waals surface area contributed by atoms with E-state index in [9.17, 15) is 5.11 Å². The Morgan fingerprint density at radius 3 is 2.64 bits per heavy atom. The maximum Gasteiger partial charge on any atom is 0.0647 e. The molecule has 2 heteroatoms. The summed E-state index contributed by atoms with van der Waals surface area (Å²) in [5, 5.41) is 10.1. The van der Waals surface area contributed by atoms with Gasteiger partial charge in [-0.3, -0.25) is 0 Å². The molecule has 2 fully saturated rings. The molecule has 0 aromatic rings. The number of rotatable bonds is 4. The third kappa shape index (κ3) is 2.71. The van der Waals surface area contributed by atoms with E-state index in [-0.39, 0.29) is 5.60 Å². The molecular weight excluding hydrogens is 176 g/mol. The first kappa shape index (κ1) is 10.4. The molecule has 2 aliphatic rings. The van der Waals surface area contributed by atoms with Crippen LogP contribution in [0.5, 0.6) is 0 Å². The van der Waals surface area contributed by atoms with Crippen LogP contribution in [0.1, 0.15) is 57.8 Å². The highest BCUT2D eigenvalue weighted by atomic mass is 16.5. The lowest BCUT2D eigenvalue weighted by Crippen LogP contribution is -2.24. The van der Waals surface area contributed by atoms with Crippen LogP contribution in [-0.2, 0) is 4.74 Å². The Morgan fingerprint density at radius 1 is 1.21 bits per heavy atom. The van der Waals surface area contributed by atoms with Crippen molar-refractivity contribution in [2.75, 3.05) is 6.61 Å². The average Bonchev–Trinajstić information content (AvgIpc) is 2.77. The van der Waals surface area contributed by atoms with E-state index in [1.165, 1.54) is 25.7 Å². The molecule has 1 aliphatic carbocycles. The molecule has 1 N–H and O–H groups in total. The fourth-order valence-electron chi connectivity index (χ4n) is 2.81. The number of ether oxygens (including phenoxy) is 1. The van der Waals surface area contributed by atoms with E-state index in [0.717, 1.165) is 38.7 Å². The molecule has 1 unspecified atom stereocenters. The van der Waals surface area contributed by atoms with E-state index in [1.54, 1.807) is 0 Å². The van der Waals surface area contributed by atoms with Crippen LogP contribution in [0.25, 0.3) is 0 Å². The van der Waals surface area contributed by atoms with Crippen LogP contribution < -0.4 is 0 Å². The molecule has 0 amide bonds. The van der Waals surface area contributed by atoms with Gasteiger partial charge in [-0.1, -0.05) is 12.8 Å². The molecular formula is C12H22O2. The molecule has 14 heavy (non-hydrogen) atoms. The topological polar surface area (TPSA) is 29.5 Å². The molecule has 82 valence electrons. The lowest BCUT2D eigenvalue weighted by Gasteiger charge is -2.22. The van der Waals surface area contributed by atoms with Gasteiger partial charge in [0.1, 0.15) is 0 Å². The van der Waals surface area contributed by atoms with Crippen molar-refractivity contribution in [1.82, 2.24) is 0 Å². The van der Waals surface area contributed by atoms with E-state index in [0.29, 0.717) is 6.10 Å². The van der Waals surface area contributed by atoms with Crippen LogP contribution in [0.4, 0.5) is 0 Å². The van der Waals surface area contributed by atoms with E-state index in [2.05, 4.69) is 0 Å². The largest absolute Gasteiger partial charge is 0.390 e. The van der Waals surface area contributed by atoms with E-state index < -0.39 is 0 Å². The zero-order valence-corrected chi connectivity index (χ0v) is 9.00. The van der Waals surface area contributed by atoms with Gasteiger partial charge in [0.15, 0.2) is 0 Å². The quantitative estimate of drug-likeness (QED) is 0.752. The molecule has 0 radical (unpaired) electrons. The predicted octanol–water partition coefficient (Wildman–Crippen LogP) is 2.64. The van der Waals surface area contributed by atoms with Gasteiger partial charge in [0.2, 0.25) is 0 Å². The van der Waals surface area contributed by atoms with Gasteiger partial charge in [0.05, 0.1) is 11.7 Å². The van der Waals surface area contributed by atoms with Crippen LogP contribution in [0.15, 0.2) is 0 Å². The lowest BCUT2D eigenvalue weighted by molar-refractivity contribution is 0.0298. The van der Waals surface area contributed by atoms with E-state index in [4.69, 9.17) is 4.74 Å². The molecule has 2 nitrogen and oxygen atoms in total. The molecule has 1 heterocycles. The van der Waals surface area contributed by atoms with Gasteiger partial charge < -0.3 is 9.84 Å². The average molecular weight is 198 g/mol. The third-order valence-corrected chi connectivity index (χ3v) is 3.73. The summed E-state index contributed by atoms with van der Waals surface area (Å²) in [6.45, 7) is 0.953. The molecule has 0 aromatic carbocycles. The van der Waals surface area contributed by atoms with Crippen LogP contribution in [-0.4, -0.2) is 23.4 Å². The number of aliphatic hydroxyl groups is 1. The fourth-order valence-corrected chi connectivity index (χ4v) is 2.81. The van der Waals surface area contributed by atoms with Gasteiger partial charge in [-0.15, -0.1) is 0 Å². The molecule has 0 bridgehead atoms. The Kier molecular flexibility index (Phi) is 3.45. The molecule has 1 saturated carbocycles. The molecule has 1 saturated heterocycles. The Balaban J connectivity index is 1.61. The van der Waals surface area contributed by atoms with Crippen molar-refractivity contribution in [2.45, 2.75) is 69.5 Å². The lowest BCUT2D eigenvalue weighted by atomic mass is 9.94. The Bertz CT molecular complexity index is 167. The predicted molar refractivity (Wildman–Crippen MR) is 56.2 cm³/mol. The Morgan fingerprint density at radius 2 is 2.00 bits per heavy atom. The van der Waals surface area contributed by atoms with Crippen molar-refractivity contribution in [3.8, 4) is 0 Å². The van der Waals surface area contributed by atoms with Gasteiger partial charge in [0.25, 0.3) is 0 Å². The van der Waals surface area contributed by atoms with Crippen molar-refractivity contribution < 1.29 is 9.84 Å². The Labute approximate surface area is 86.6 Å². The molecule has 0 spiro atoms. The number of hydrogen-bond acceptors (Lipinski definition) is 2. The van der Waals surface area contributed by atoms with Gasteiger partial charge in [-0.25, -0.2) is 0 Å². The second kappa shape index (κ2) is 4.63. The number of hydrogen-bond donors (Lipinski definition) is 1. The second-order valence-electron chi connectivity index (χ2n) is 4.96. The highest BCUT2D eigenvalue weighted by Crippen LogP contribution is 2.34. The molecule has 2 rings (SSSR count). The summed E-state index contributed by atoms with van der Waals surface area (Å²) in [7, 11) is 0. The highest BCUT2D eigenvalue weighted by Gasteiger charge is 2.30. The molecule has 0 aromatic heterocycles. The zero-order chi connectivity index (χ0) is 9.86. The van der Waals surface area contributed by atoms with Crippen molar-refractivity contribution in [2.24, 2.45) is 0 Å². The summed E-state index contributed by atoms with van der Waals surface area (Å²) >= 11 is 0.